The van der Waals surface area contributed by atoms with E-state index in [1.165, 1.54) is 10.8 Å². The van der Waals surface area contributed by atoms with Crippen molar-refractivity contribution < 1.29 is 14.3 Å². The second-order valence-corrected chi connectivity index (χ2v) is 9.37. The molecule has 1 amide bonds. The molecule has 190 valence electrons. The standard InChI is InChI=1S/C26H27Cl2N3O5/c1-2-17-14-31(26(34)30-25(17)33)24-12-21(35-15-16-7-4-3-5-8-16)22(36-24)13-29-23(32)11-18-19(27)9-6-10-20(18)28/h3-10,14,21-22,24H,2,11-13,15H2,1H3,(H,29,32)(H,30,33,34)/t21-,22+,24+/m0/s1. The minimum atomic E-state index is -0.652. The first-order chi connectivity index (χ1) is 17.4. The van der Waals surface area contributed by atoms with Crippen molar-refractivity contribution in [3.63, 3.8) is 0 Å². The van der Waals surface area contributed by atoms with Crippen LogP contribution in [0.15, 0.2) is 64.3 Å². The number of ether oxygens (including phenoxy) is 2. The number of aromatic amines is 1. The fourth-order valence-electron chi connectivity index (χ4n) is 4.14. The maximum absolute atomic E-state index is 12.7. The van der Waals surface area contributed by atoms with Gasteiger partial charge in [-0.25, -0.2) is 4.79 Å². The van der Waals surface area contributed by atoms with Gasteiger partial charge in [0.15, 0.2) is 0 Å². The average Bonchev–Trinajstić information content (AvgIpc) is 3.27. The van der Waals surface area contributed by atoms with E-state index in [2.05, 4.69) is 10.3 Å². The zero-order chi connectivity index (χ0) is 25.7. The lowest BCUT2D eigenvalue weighted by Gasteiger charge is -2.20. The van der Waals surface area contributed by atoms with Crippen molar-refractivity contribution in [2.24, 2.45) is 0 Å². The van der Waals surface area contributed by atoms with Crippen LogP contribution in [0.5, 0.6) is 0 Å². The maximum atomic E-state index is 12.7. The summed E-state index contributed by atoms with van der Waals surface area (Å²) in [5.41, 5.74) is 1.06. The predicted octanol–water partition coefficient (Wildman–Crippen LogP) is 3.64. The average molecular weight is 532 g/mol. The number of hydrogen-bond acceptors (Lipinski definition) is 5. The Labute approximate surface area is 218 Å². The Hall–Kier alpha value is -2.91. The van der Waals surface area contributed by atoms with Gasteiger partial charge in [0.2, 0.25) is 5.91 Å². The van der Waals surface area contributed by atoms with E-state index >= 15 is 0 Å². The highest BCUT2D eigenvalue weighted by atomic mass is 35.5. The van der Waals surface area contributed by atoms with Crippen LogP contribution in [-0.4, -0.2) is 34.2 Å². The third-order valence-electron chi connectivity index (χ3n) is 6.12. The normalized spacial score (nSPS) is 19.4. The Balaban J connectivity index is 1.48. The van der Waals surface area contributed by atoms with Crippen LogP contribution in [0.3, 0.4) is 0 Å². The van der Waals surface area contributed by atoms with E-state index in [1.807, 2.05) is 37.3 Å². The number of nitrogens with zero attached hydrogens (tertiary/aromatic N) is 1. The molecule has 1 aromatic heterocycles. The second-order valence-electron chi connectivity index (χ2n) is 8.56. The summed E-state index contributed by atoms with van der Waals surface area (Å²) in [6.07, 6.45) is 0.820. The monoisotopic (exact) mass is 531 g/mol. The predicted molar refractivity (Wildman–Crippen MR) is 137 cm³/mol. The number of aryl methyl sites for hydroxylation is 1. The number of carbonyl (C=O) groups excluding carboxylic acids is 1. The highest BCUT2D eigenvalue weighted by molar-refractivity contribution is 6.36. The lowest BCUT2D eigenvalue weighted by atomic mass is 10.1. The molecule has 0 radical (unpaired) electrons. The molecule has 2 aromatic carbocycles. The first-order valence-corrected chi connectivity index (χ1v) is 12.5. The fourth-order valence-corrected chi connectivity index (χ4v) is 4.67. The summed E-state index contributed by atoms with van der Waals surface area (Å²) in [4.78, 5) is 39.5. The molecule has 1 aliphatic rings. The van der Waals surface area contributed by atoms with E-state index in [0.717, 1.165) is 5.56 Å². The summed E-state index contributed by atoms with van der Waals surface area (Å²) >= 11 is 12.4. The van der Waals surface area contributed by atoms with E-state index in [0.29, 0.717) is 40.6 Å². The Bertz CT molecular complexity index is 1300. The van der Waals surface area contributed by atoms with E-state index in [1.54, 1.807) is 18.2 Å². The Morgan fingerprint density at radius 2 is 1.86 bits per heavy atom. The SMILES string of the molecule is CCc1cn([C@H]2C[C@H](OCc3ccccc3)[C@@H](CNC(=O)Cc3c(Cl)cccc3Cl)O2)c(=O)[nH]c1=O. The lowest BCUT2D eigenvalue weighted by molar-refractivity contribution is -0.121. The number of nitrogens with one attached hydrogen (secondary N) is 2. The van der Waals surface area contributed by atoms with Crippen LogP contribution in [0.4, 0.5) is 0 Å². The van der Waals surface area contributed by atoms with Crippen LogP contribution in [-0.2, 0) is 33.7 Å². The van der Waals surface area contributed by atoms with Crippen LogP contribution in [0, 0.1) is 0 Å². The number of aromatic nitrogens is 2. The highest BCUT2D eigenvalue weighted by Crippen LogP contribution is 2.30. The van der Waals surface area contributed by atoms with Crippen LogP contribution in [0.1, 0.15) is 36.3 Å². The molecule has 0 saturated carbocycles. The quantitative estimate of drug-likeness (QED) is 0.438. The van der Waals surface area contributed by atoms with Gasteiger partial charge in [-0.05, 0) is 29.7 Å². The van der Waals surface area contributed by atoms with E-state index < -0.39 is 29.7 Å². The van der Waals surface area contributed by atoms with Crippen LogP contribution >= 0.6 is 23.2 Å². The first-order valence-electron chi connectivity index (χ1n) is 11.7. The zero-order valence-corrected chi connectivity index (χ0v) is 21.2. The van der Waals surface area contributed by atoms with Crippen molar-refractivity contribution in [3.05, 3.63) is 102 Å². The summed E-state index contributed by atoms with van der Waals surface area (Å²) in [6.45, 7) is 2.35. The minimum Gasteiger partial charge on any atom is -0.371 e. The summed E-state index contributed by atoms with van der Waals surface area (Å²) < 4.78 is 13.7. The molecular formula is C26H27Cl2N3O5. The van der Waals surface area contributed by atoms with Gasteiger partial charge in [0.05, 0.1) is 19.1 Å². The van der Waals surface area contributed by atoms with Crippen molar-refractivity contribution >= 4 is 29.1 Å². The summed E-state index contributed by atoms with van der Waals surface area (Å²) in [6, 6.07) is 14.8. The number of halogens is 2. The molecule has 10 heteroatoms. The number of benzene rings is 2. The molecule has 1 fully saturated rings. The zero-order valence-electron chi connectivity index (χ0n) is 19.7. The molecule has 4 rings (SSSR count). The van der Waals surface area contributed by atoms with Gasteiger partial charge < -0.3 is 14.8 Å². The lowest BCUT2D eigenvalue weighted by Crippen LogP contribution is -2.39. The summed E-state index contributed by atoms with van der Waals surface area (Å²) in [5.74, 6) is -0.270. The molecule has 3 atom stereocenters. The van der Waals surface area contributed by atoms with Crippen LogP contribution in [0.25, 0.3) is 0 Å². The topological polar surface area (TPSA) is 102 Å². The smallest absolute Gasteiger partial charge is 0.330 e. The number of H-pyrrole nitrogens is 1. The van der Waals surface area contributed by atoms with Gasteiger partial charge in [-0.3, -0.25) is 19.1 Å². The Kier molecular flexibility index (Phi) is 8.64. The molecule has 36 heavy (non-hydrogen) atoms. The number of hydrogen-bond donors (Lipinski definition) is 2. The van der Waals surface area contributed by atoms with E-state index in [-0.39, 0.29) is 18.9 Å². The first kappa shape index (κ1) is 26.2. The molecule has 2 N–H and O–H groups in total. The number of amides is 1. The van der Waals surface area contributed by atoms with Gasteiger partial charge in [0, 0.05) is 34.8 Å². The number of carbonyl (C=O) groups is 1. The van der Waals surface area contributed by atoms with Crippen molar-refractivity contribution in [1.82, 2.24) is 14.9 Å². The Morgan fingerprint density at radius 3 is 2.56 bits per heavy atom. The van der Waals surface area contributed by atoms with Gasteiger partial charge in [-0.2, -0.15) is 0 Å². The molecule has 1 saturated heterocycles. The molecule has 0 unspecified atom stereocenters. The van der Waals surface area contributed by atoms with Gasteiger partial charge in [-0.15, -0.1) is 0 Å². The highest BCUT2D eigenvalue weighted by Gasteiger charge is 2.38. The fraction of sp³-hybridized carbons (Fsp3) is 0.346. The second kappa shape index (κ2) is 11.9. The molecule has 1 aliphatic heterocycles. The van der Waals surface area contributed by atoms with Gasteiger partial charge >= 0.3 is 5.69 Å². The molecule has 0 bridgehead atoms. The van der Waals surface area contributed by atoms with Gasteiger partial charge in [0.25, 0.3) is 5.56 Å². The molecule has 2 heterocycles. The van der Waals surface area contributed by atoms with E-state index in [9.17, 15) is 14.4 Å². The molecular weight excluding hydrogens is 505 g/mol. The Morgan fingerprint density at radius 1 is 1.14 bits per heavy atom. The van der Waals surface area contributed by atoms with Gasteiger partial charge in [-0.1, -0.05) is 66.5 Å². The van der Waals surface area contributed by atoms with Gasteiger partial charge in [0.1, 0.15) is 12.3 Å². The molecule has 0 aliphatic carbocycles. The van der Waals surface area contributed by atoms with E-state index in [4.69, 9.17) is 32.7 Å². The minimum absolute atomic E-state index is 0.0173. The van der Waals surface area contributed by atoms with Crippen LogP contribution < -0.4 is 16.6 Å². The molecule has 3 aromatic rings. The largest absolute Gasteiger partial charge is 0.371 e. The van der Waals surface area contributed by atoms with Crippen molar-refractivity contribution in [2.45, 2.75) is 51.2 Å². The molecule has 0 spiro atoms. The van der Waals surface area contributed by atoms with Crippen molar-refractivity contribution in [2.75, 3.05) is 6.54 Å². The van der Waals surface area contributed by atoms with Crippen molar-refractivity contribution in [1.29, 1.82) is 0 Å². The summed E-state index contributed by atoms with van der Waals surface area (Å²) in [7, 11) is 0. The van der Waals surface area contributed by atoms with Crippen LogP contribution in [0.2, 0.25) is 10.0 Å². The molecule has 8 nitrogen and oxygen atoms in total. The third kappa shape index (κ3) is 6.25. The number of rotatable bonds is 9. The maximum Gasteiger partial charge on any atom is 0.330 e. The third-order valence-corrected chi connectivity index (χ3v) is 6.83. The summed E-state index contributed by atoms with van der Waals surface area (Å²) in [5, 5.41) is 3.71. The van der Waals surface area contributed by atoms with Crippen molar-refractivity contribution in [3.8, 4) is 0 Å².